The summed E-state index contributed by atoms with van der Waals surface area (Å²) in [7, 11) is 1.66. The van der Waals surface area contributed by atoms with Gasteiger partial charge >= 0.3 is 0 Å². The Morgan fingerprint density at radius 3 is 2.57 bits per heavy atom. The van der Waals surface area contributed by atoms with Crippen LogP contribution in [0.5, 0.6) is 5.75 Å². The van der Waals surface area contributed by atoms with E-state index < -0.39 is 0 Å². The zero-order valence-corrected chi connectivity index (χ0v) is 17.6. The molecular formula is C24H22ClN3O2. The van der Waals surface area contributed by atoms with Crippen molar-refractivity contribution in [3.63, 3.8) is 0 Å². The minimum Gasteiger partial charge on any atom is -0.496 e. The summed E-state index contributed by atoms with van der Waals surface area (Å²) in [5.41, 5.74) is 3.35. The van der Waals surface area contributed by atoms with Crippen LogP contribution in [0.3, 0.4) is 0 Å². The van der Waals surface area contributed by atoms with Gasteiger partial charge in [0.25, 0.3) is 5.91 Å². The molecule has 0 aliphatic carbocycles. The van der Waals surface area contributed by atoms with Gasteiger partial charge in [-0.3, -0.25) is 4.79 Å². The van der Waals surface area contributed by atoms with E-state index in [1.54, 1.807) is 31.4 Å². The van der Waals surface area contributed by atoms with Crippen LogP contribution in [0.25, 0.3) is 11.0 Å². The third kappa shape index (κ3) is 3.89. The molecule has 0 aliphatic rings. The molecule has 0 saturated carbocycles. The highest BCUT2D eigenvalue weighted by atomic mass is 35.5. The van der Waals surface area contributed by atoms with Gasteiger partial charge in [0.2, 0.25) is 0 Å². The predicted octanol–water partition coefficient (Wildman–Crippen LogP) is 5.24. The Bertz CT molecular complexity index is 1200. The lowest BCUT2D eigenvalue weighted by molar-refractivity contribution is 0.0938. The standard InChI is InChI=1S/C24H22ClN3O2/c1-16(26-24(29)18-10-4-5-11-19(18)25)23-27-20-12-6-7-13-21(20)28(23)15-17-9-3-8-14-22(17)30-2/h3-14,16H,15H2,1-2H3,(H,26,29). The molecular weight excluding hydrogens is 398 g/mol. The topological polar surface area (TPSA) is 56.1 Å². The molecule has 5 nitrogen and oxygen atoms in total. The summed E-state index contributed by atoms with van der Waals surface area (Å²) in [6.45, 7) is 2.50. The Balaban J connectivity index is 1.71. The molecule has 0 spiro atoms. The van der Waals surface area contributed by atoms with Gasteiger partial charge in [0.05, 0.1) is 41.3 Å². The first-order chi connectivity index (χ1) is 14.6. The molecule has 1 amide bonds. The Morgan fingerprint density at radius 1 is 1.07 bits per heavy atom. The lowest BCUT2D eigenvalue weighted by Crippen LogP contribution is -2.29. The van der Waals surface area contributed by atoms with Crippen LogP contribution in [-0.2, 0) is 6.54 Å². The maximum absolute atomic E-state index is 12.8. The van der Waals surface area contributed by atoms with E-state index in [4.69, 9.17) is 21.3 Å². The number of nitrogens with one attached hydrogen (secondary N) is 1. The van der Waals surface area contributed by atoms with Gasteiger partial charge < -0.3 is 14.6 Å². The molecule has 0 saturated heterocycles. The molecule has 30 heavy (non-hydrogen) atoms. The number of imidazole rings is 1. The fourth-order valence-corrected chi connectivity index (χ4v) is 3.80. The number of carbonyl (C=O) groups excluding carboxylic acids is 1. The van der Waals surface area contributed by atoms with Crippen molar-refractivity contribution in [3.8, 4) is 5.75 Å². The van der Waals surface area contributed by atoms with Gasteiger partial charge in [-0.1, -0.05) is 54.1 Å². The number of ether oxygens (including phenoxy) is 1. The van der Waals surface area contributed by atoms with Crippen molar-refractivity contribution in [2.75, 3.05) is 7.11 Å². The number of rotatable bonds is 6. The Morgan fingerprint density at radius 2 is 1.77 bits per heavy atom. The van der Waals surface area contributed by atoms with Gasteiger partial charge in [-0.2, -0.15) is 0 Å². The van der Waals surface area contributed by atoms with Crippen molar-refractivity contribution in [1.29, 1.82) is 0 Å². The lowest BCUT2D eigenvalue weighted by Gasteiger charge is -2.18. The number of fused-ring (bicyclic) bond motifs is 1. The summed E-state index contributed by atoms with van der Waals surface area (Å²) >= 11 is 6.19. The van der Waals surface area contributed by atoms with E-state index in [1.165, 1.54) is 0 Å². The SMILES string of the molecule is COc1ccccc1Cn1c(C(C)NC(=O)c2ccccc2Cl)nc2ccccc21. The monoisotopic (exact) mass is 419 g/mol. The minimum atomic E-state index is -0.323. The van der Waals surface area contributed by atoms with Crippen LogP contribution in [0.15, 0.2) is 72.8 Å². The zero-order valence-electron chi connectivity index (χ0n) is 16.8. The molecule has 0 aliphatic heterocycles. The first-order valence-corrected chi connectivity index (χ1v) is 10.1. The van der Waals surface area contributed by atoms with Crippen LogP contribution < -0.4 is 10.1 Å². The van der Waals surface area contributed by atoms with Crippen LogP contribution in [-0.4, -0.2) is 22.6 Å². The normalized spacial score (nSPS) is 12.0. The second-order valence-electron chi connectivity index (χ2n) is 7.03. The number of aromatic nitrogens is 2. The van der Waals surface area contributed by atoms with Crippen LogP contribution in [0, 0.1) is 0 Å². The number of para-hydroxylation sites is 3. The molecule has 1 atom stereocenters. The lowest BCUT2D eigenvalue weighted by atomic mass is 10.1. The average molecular weight is 420 g/mol. The van der Waals surface area contributed by atoms with Crippen molar-refractivity contribution < 1.29 is 9.53 Å². The fraction of sp³-hybridized carbons (Fsp3) is 0.167. The van der Waals surface area contributed by atoms with Crippen molar-refractivity contribution in [3.05, 3.63) is 94.8 Å². The fourth-order valence-electron chi connectivity index (χ4n) is 3.58. The smallest absolute Gasteiger partial charge is 0.253 e. The maximum Gasteiger partial charge on any atom is 0.253 e. The molecule has 6 heteroatoms. The number of benzene rings is 3. The van der Waals surface area contributed by atoms with Gasteiger partial charge in [0, 0.05) is 5.56 Å². The molecule has 152 valence electrons. The highest BCUT2D eigenvalue weighted by Crippen LogP contribution is 2.26. The van der Waals surface area contributed by atoms with E-state index in [-0.39, 0.29) is 11.9 Å². The second kappa shape index (κ2) is 8.59. The van der Waals surface area contributed by atoms with E-state index in [0.717, 1.165) is 28.2 Å². The van der Waals surface area contributed by atoms with Crippen molar-refractivity contribution in [2.24, 2.45) is 0 Å². The summed E-state index contributed by atoms with van der Waals surface area (Å²) in [4.78, 5) is 17.6. The molecule has 1 heterocycles. The number of hydrogen-bond donors (Lipinski definition) is 1. The van der Waals surface area contributed by atoms with E-state index >= 15 is 0 Å². The van der Waals surface area contributed by atoms with Crippen molar-refractivity contribution in [1.82, 2.24) is 14.9 Å². The van der Waals surface area contributed by atoms with E-state index in [1.807, 2.05) is 55.5 Å². The molecule has 1 aromatic heterocycles. The molecule has 0 bridgehead atoms. The Labute approximate surface area is 180 Å². The summed E-state index contributed by atoms with van der Waals surface area (Å²) < 4.78 is 7.64. The van der Waals surface area contributed by atoms with E-state index in [2.05, 4.69) is 9.88 Å². The van der Waals surface area contributed by atoms with Crippen LogP contribution in [0.2, 0.25) is 5.02 Å². The van der Waals surface area contributed by atoms with Gasteiger partial charge in [-0.15, -0.1) is 0 Å². The Kier molecular flexibility index (Phi) is 5.72. The minimum absolute atomic E-state index is 0.232. The van der Waals surface area contributed by atoms with Crippen LogP contribution >= 0.6 is 11.6 Å². The molecule has 4 rings (SSSR count). The van der Waals surface area contributed by atoms with Gasteiger partial charge in [0.1, 0.15) is 11.6 Å². The molecule has 1 unspecified atom stereocenters. The second-order valence-corrected chi connectivity index (χ2v) is 7.44. The third-order valence-electron chi connectivity index (χ3n) is 5.06. The molecule has 0 radical (unpaired) electrons. The maximum atomic E-state index is 12.8. The highest BCUT2D eigenvalue weighted by Gasteiger charge is 2.20. The average Bonchev–Trinajstić information content (AvgIpc) is 3.13. The van der Waals surface area contributed by atoms with Crippen molar-refractivity contribution >= 4 is 28.5 Å². The number of halogens is 1. The Hall–Kier alpha value is -3.31. The summed E-state index contributed by atoms with van der Waals surface area (Å²) in [5.74, 6) is 1.35. The summed E-state index contributed by atoms with van der Waals surface area (Å²) in [6, 6.07) is 22.5. The predicted molar refractivity (Wildman–Crippen MR) is 119 cm³/mol. The highest BCUT2D eigenvalue weighted by molar-refractivity contribution is 6.33. The van der Waals surface area contributed by atoms with Gasteiger partial charge in [-0.05, 0) is 37.3 Å². The number of hydrogen-bond acceptors (Lipinski definition) is 3. The number of amides is 1. The summed E-state index contributed by atoms with van der Waals surface area (Å²) in [5, 5.41) is 3.45. The molecule has 0 fully saturated rings. The first kappa shape index (κ1) is 20.0. The van der Waals surface area contributed by atoms with Gasteiger partial charge in [0.15, 0.2) is 0 Å². The molecule has 3 aromatic carbocycles. The third-order valence-corrected chi connectivity index (χ3v) is 5.39. The van der Waals surface area contributed by atoms with E-state index in [9.17, 15) is 4.79 Å². The van der Waals surface area contributed by atoms with E-state index in [0.29, 0.717) is 17.1 Å². The number of carbonyl (C=O) groups is 1. The number of methoxy groups -OCH3 is 1. The van der Waals surface area contributed by atoms with Crippen molar-refractivity contribution in [2.45, 2.75) is 19.5 Å². The number of nitrogens with zero attached hydrogens (tertiary/aromatic N) is 2. The molecule has 4 aromatic rings. The van der Waals surface area contributed by atoms with Crippen LogP contribution in [0.1, 0.15) is 34.7 Å². The van der Waals surface area contributed by atoms with Gasteiger partial charge in [-0.25, -0.2) is 4.98 Å². The summed E-state index contributed by atoms with van der Waals surface area (Å²) in [6.07, 6.45) is 0. The largest absolute Gasteiger partial charge is 0.496 e. The molecule has 1 N–H and O–H groups in total. The zero-order chi connectivity index (χ0) is 21.1. The quantitative estimate of drug-likeness (QED) is 0.465. The van der Waals surface area contributed by atoms with Crippen LogP contribution in [0.4, 0.5) is 0 Å². The first-order valence-electron chi connectivity index (χ1n) is 9.71.